The molecule has 19 heavy (non-hydrogen) atoms. The molecule has 0 saturated carbocycles. The van der Waals surface area contributed by atoms with Gasteiger partial charge in [-0.05, 0) is 30.5 Å². The molecule has 0 heterocycles. The van der Waals surface area contributed by atoms with E-state index in [9.17, 15) is 10.1 Å². The standard InChI is InChI=1S/C13H16ClN3O2/c1-9(2)5-6-16-12(8-15)10-3-4-11(14)13(7-10)17(18)19/h3-4,7,9,12,16H,5-6H2,1-2H3. The van der Waals surface area contributed by atoms with E-state index in [1.807, 2.05) is 0 Å². The SMILES string of the molecule is CC(C)CCNC(C#N)c1ccc(Cl)c([N+](=O)[O-])c1. The zero-order valence-corrected chi connectivity index (χ0v) is 11.6. The van der Waals surface area contributed by atoms with Crippen LogP contribution in [-0.4, -0.2) is 11.5 Å². The Morgan fingerprint density at radius 1 is 1.53 bits per heavy atom. The first-order valence-electron chi connectivity index (χ1n) is 6.02. The summed E-state index contributed by atoms with van der Waals surface area (Å²) in [6.07, 6.45) is 0.938. The molecule has 0 amide bonds. The van der Waals surface area contributed by atoms with Crippen LogP contribution >= 0.6 is 11.6 Å². The molecular weight excluding hydrogens is 266 g/mol. The van der Waals surface area contributed by atoms with Crippen LogP contribution in [0.15, 0.2) is 18.2 Å². The molecule has 0 fully saturated rings. The first-order valence-corrected chi connectivity index (χ1v) is 6.40. The molecule has 1 aromatic rings. The molecule has 0 saturated heterocycles. The van der Waals surface area contributed by atoms with E-state index in [0.29, 0.717) is 18.0 Å². The van der Waals surface area contributed by atoms with Crippen LogP contribution in [0.4, 0.5) is 5.69 Å². The fraction of sp³-hybridized carbons (Fsp3) is 0.462. The van der Waals surface area contributed by atoms with Gasteiger partial charge in [-0.15, -0.1) is 0 Å². The number of nitrogens with one attached hydrogen (secondary N) is 1. The quantitative estimate of drug-likeness (QED) is 0.640. The highest BCUT2D eigenvalue weighted by Crippen LogP contribution is 2.27. The third-order valence-corrected chi connectivity index (χ3v) is 3.02. The molecule has 0 radical (unpaired) electrons. The predicted molar refractivity (Wildman–Crippen MR) is 73.9 cm³/mol. The van der Waals surface area contributed by atoms with Gasteiger partial charge in [0.25, 0.3) is 5.69 Å². The maximum atomic E-state index is 10.8. The molecule has 0 aliphatic rings. The summed E-state index contributed by atoms with van der Waals surface area (Å²) in [7, 11) is 0. The van der Waals surface area contributed by atoms with Crippen molar-refractivity contribution in [3.8, 4) is 6.07 Å². The number of hydrogen-bond donors (Lipinski definition) is 1. The van der Waals surface area contributed by atoms with Crippen LogP contribution in [0.5, 0.6) is 0 Å². The molecule has 1 aromatic carbocycles. The molecule has 0 bridgehead atoms. The number of halogens is 1. The lowest BCUT2D eigenvalue weighted by Crippen LogP contribution is -2.22. The number of rotatable bonds is 6. The average Bonchev–Trinajstić information content (AvgIpc) is 2.35. The van der Waals surface area contributed by atoms with E-state index in [1.165, 1.54) is 12.1 Å². The maximum absolute atomic E-state index is 10.8. The molecule has 5 nitrogen and oxygen atoms in total. The number of nitrogens with zero attached hydrogens (tertiary/aromatic N) is 2. The largest absolute Gasteiger partial charge is 0.298 e. The minimum absolute atomic E-state index is 0.0765. The maximum Gasteiger partial charge on any atom is 0.288 e. The van der Waals surface area contributed by atoms with Gasteiger partial charge in [-0.2, -0.15) is 5.26 Å². The lowest BCUT2D eigenvalue weighted by Gasteiger charge is -2.13. The Hall–Kier alpha value is -1.64. The first kappa shape index (κ1) is 15.4. The van der Waals surface area contributed by atoms with Gasteiger partial charge in [-0.1, -0.05) is 31.5 Å². The highest BCUT2D eigenvalue weighted by atomic mass is 35.5. The van der Waals surface area contributed by atoms with Gasteiger partial charge in [0.05, 0.1) is 11.0 Å². The van der Waals surface area contributed by atoms with Crippen LogP contribution in [0, 0.1) is 27.4 Å². The van der Waals surface area contributed by atoms with Crippen molar-refractivity contribution in [3.63, 3.8) is 0 Å². The molecule has 1 atom stereocenters. The minimum Gasteiger partial charge on any atom is -0.298 e. The number of nitriles is 1. The fourth-order valence-corrected chi connectivity index (χ4v) is 1.79. The third-order valence-electron chi connectivity index (χ3n) is 2.70. The number of nitro benzene ring substituents is 1. The van der Waals surface area contributed by atoms with Crippen molar-refractivity contribution in [1.29, 1.82) is 5.26 Å². The first-order chi connectivity index (χ1) is 8.95. The molecule has 0 aliphatic carbocycles. The van der Waals surface area contributed by atoms with Crippen LogP contribution < -0.4 is 5.32 Å². The normalized spacial score (nSPS) is 12.2. The molecule has 0 aliphatic heterocycles. The van der Waals surface area contributed by atoms with Gasteiger partial charge in [-0.3, -0.25) is 15.4 Å². The van der Waals surface area contributed by atoms with Crippen LogP contribution in [0.1, 0.15) is 31.9 Å². The molecule has 1 unspecified atom stereocenters. The summed E-state index contributed by atoms with van der Waals surface area (Å²) in [5.74, 6) is 0.534. The van der Waals surface area contributed by atoms with Crippen molar-refractivity contribution in [2.45, 2.75) is 26.3 Å². The Balaban J connectivity index is 2.85. The summed E-state index contributed by atoms with van der Waals surface area (Å²) >= 11 is 5.74. The fourth-order valence-electron chi connectivity index (χ4n) is 1.60. The summed E-state index contributed by atoms with van der Waals surface area (Å²) in [6.45, 7) is 4.87. The van der Waals surface area contributed by atoms with Gasteiger partial charge >= 0.3 is 0 Å². The predicted octanol–water partition coefficient (Wildman–Crippen LogP) is 3.45. The van der Waals surface area contributed by atoms with E-state index < -0.39 is 11.0 Å². The van der Waals surface area contributed by atoms with E-state index >= 15 is 0 Å². The van der Waals surface area contributed by atoms with Gasteiger partial charge in [-0.25, -0.2) is 0 Å². The zero-order valence-electron chi connectivity index (χ0n) is 10.9. The van der Waals surface area contributed by atoms with E-state index in [1.54, 1.807) is 6.07 Å². The Morgan fingerprint density at radius 2 is 2.21 bits per heavy atom. The van der Waals surface area contributed by atoms with Crippen LogP contribution in [0.3, 0.4) is 0 Å². The van der Waals surface area contributed by atoms with Gasteiger partial charge in [0.15, 0.2) is 0 Å². The monoisotopic (exact) mass is 281 g/mol. The van der Waals surface area contributed by atoms with Gasteiger partial charge < -0.3 is 0 Å². The highest BCUT2D eigenvalue weighted by Gasteiger charge is 2.17. The van der Waals surface area contributed by atoms with E-state index in [0.717, 1.165) is 6.42 Å². The summed E-state index contributed by atoms with van der Waals surface area (Å²) in [6, 6.07) is 5.96. The number of hydrogen-bond acceptors (Lipinski definition) is 4. The van der Waals surface area contributed by atoms with Crippen molar-refractivity contribution in [2.75, 3.05) is 6.54 Å². The Labute approximate surface area is 117 Å². The van der Waals surface area contributed by atoms with E-state index in [-0.39, 0.29) is 10.7 Å². The second-order valence-corrected chi connectivity index (χ2v) is 5.07. The van der Waals surface area contributed by atoms with Crippen LogP contribution in [-0.2, 0) is 0 Å². The van der Waals surface area contributed by atoms with E-state index in [2.05, 4.69) is 25.2 Å². The topological polar surface area (TPSA) is 79.0 Å². The smallest absolute Gasteiger partial charge is 0.288 e. The second-order valence-electron chi connectivity index (χ2n) is 4.67. The third kappa shape index (κ3) is 4.51. The summed E-state index contributed by atoms with van der Waals surface area (Å²) in [4.78, 5) is 10.3. The van der Waals surface area contributed by atoms with Crippen molar-refractivity contribution in [2.24, 2.45) is 5.92 Å². The van der Waals surface area contributed by atoms with E-state index in [4.69, 9.17) is 16.9 Å². The van der Waals surface area contributed by atoms with Gasteiger partial charge in [0.1, 0.15) is 11.1 Å². The van der Waals surface area contributed by atoms with Gasteiger partial charge in [0.2, 0.25) is 0 Å². The lowest BCUT2D eigenvalue weighted by molar-refractivity contribution is -0.384. The Bertz CT molecular complexity index is 497. The molecule has 0 aromatic heterocycles. The number of benzene rings is 1. The second kappa shape index (κ2) is 7.07. The van der Waals surface area contributed by atoms with Gasteiger partial charge in [0, 0.05) is 6.07 Å². The lowest BCUT2D eigenvalue weighted by atomic mass is 10.1. The summed E-state index contributed by atoms with van der Waals surface area (Å²) in [5, 5.41) is 23.1. The summed E-state index contributed by atoms with van der Waals surface area (Å²) in [5.41, 5.74) is 0.382. The molecule has 0 spiro atoms. The zero-order chi connectivity index (χ0) is 14.4. The molecular formula is C13H16ClN3O2. The Kier molecular flexibility index (Phi) is 5.74. The number of nitro groups is 1. The molecule has 1 rings (SSSR count). The average molecular weight is 282 g/mol. The van der Waals surface area contributed by atoms with Crippen molar-refractivity contribution >= 4 is 17.3 Å². The van der Waals surface area contributed by atoms with Crippen molar-refractivity contribution in [1.82, 2.24) is 5.32 Å². The highest BCUT2D eigenvalue weighted by molar-refractivity contribution is 6.32. The van der Waals surface area contributed by atoms with Crippen molar-refractivity contribution < 1.29 is 4.92 Å². The van der Waals surface area contributed by atoms with Crippen LogP contribution in [0.25, 0.3) is 0 Å². The Morgan fingerprint density at radius 3 is 2.74 bits per heavy atom. The summed E-state index contributed by atoms with van der Waals surface area (Å²) < 4.78 is 0. The molecule has 1 N–H and O–H groups in total. The van der Waals surface area contributed by atoms with Crippen molar-refractivity contribution in [3.05, 3.63) is 38.9 Å². The minimum atomic E-state index is -0.560. The molecule has 102 valence electrons. The van der Waals surface area contributed by atoms with Crippen LogP contribution in [0.2, 0.25) is 5.02 Å². The molecule has 6 heteroatoms.